The molecule has 5 heteroatoms. The van der Waals surface area contributed by atoms with Crippen molar-refractivity contribution >= 4 is 43.5 Å². The summed E-state index contributed by atoms with van der Waals surface area (Å²) in [7, 11) is 0. The summed E-state index contributed by atoms with van der Waals surface area (Å²) in [5.74, 6) is -0.954. The zero-order valence-corrected chi connectivity index (χ0v) is 10.9. The maximum absolute atomic E-state index is 10.9. The second kappa shape index (κ2) is 5.32. The highest BCUT2D eigenvalue weighted by Gasteiger charge is 2.09. The van der Waals surface area contributed by atoms with Gasteiger partial charge in [0.05, 0.1) is 11.3 Å². The molecule has 0 saturated heterocycles. The fourth-order valence-electron chi connectivity index (χ4n) is 1.04. The molecule has 0 bridgehead atoms. The van der Waals surface area contributed by atoms with E-state index in [1.807, 2.05) is 0 Å². The Morgan fingerprint density at radius 2 is 2.20 bits per heavy atom. The quantitative estimate of drug-likeness (QED) is 0.886. The number of anilines is 1. The highest BCUT2D eigenvalue weighted by Crippen LogP contribution is 2.22. The third-order valence-electron chi connectivity index (χ3n) is 1.68. The van der Waals surface area contributed by atoms with Gasteiger partial charge in [-0.25, -0.2) is 4.79 Å². The van der Waals surface area contributed by atoms with Crippen LogP contribution in [0.1, 0.15) is 10.4 Å². The molecule has 3 nitrogen and oxygen atoms in total. The zero-order valence-electron chi connectivity index (χ0n) is 7.76. The SMILES string of the molecule is C=C(Br)CNc1cc(Br)ccc1C(=O)O. The third-order valence-corrected chi connectivity index (χ3v) is 2.46. The highest BCUT2D eigenvalue weighted by atomic mass is 79.9. The number of nitrogens with one attached hydrogen (secondary N) is 1. The van der Waals surface area contributed by atoms with Crippen LogP contribution in [0.4, 0.5) is 5.69 Å². The molecule has 80 valence electrons. The number of benzene rings is 1. The van der Waals surface area contributed by atoms with Gasteiger partial charge < -0.3 is 10.4 Å². The maximum Gasteiger partial charge on any atom is 0.337 e. The fourth-order valence-corrected chi connectivity index (χ4v) is 1.54. The van der Waals surface area contributed by atoms with Gasteiger partial charge in [-0.3, -0.25) is 0 Å². The highest BCUT2D eigenvalue weighted by molar-refractivity contribution is 9.11. The molecule has 0 heterocycles. The largest absolute Gasteiger partial charge is 0.478 e. The van der Waals surface area contributed by atoms with Crippen LogP contribution in [0, 0.1) is 0 Å². The molecule has 2 N–H and O–H groups in total. The van der Waals surface area contributed by atoms with Crippen LogP contribution in [-0.2, 0) is 0 Å². The average Bonchev–Trinajstić information content (AvgIpc) is 2.14. The number of carboxylic acid groups (broad SMARTS) is 1. The van der Waals surface area contributed by atoms with Crippen LogP contribution >= 0.6 is 31.9 Å². The molecule has 15 heavy (non-hydrogen) atoms. The molecule has 0 unspecified atom stereocenters. The van der Waals surface area contributed by atoms with Crippen LogP contribution in [0.5, 0.6) is 0 Å². The van der Waals surface area contributed by atoms with Crippen LogP contribution in [0.2, 0.25) is 0 Å². The molecule has 1 aromatic carbocycles. The molecule has 0 saturated carbocycles. The van der Waals surface area contributed by atoms with E-state index < -0.39 is 5.97 Å². The van der Waals surface area contributed by atoms with Gasteiger partial charge in [0.2, 0.25) is 0 Å². The van der Waals surface area contributed by atoms with Crippen LogP contribution < -0.4 is 5.32 Å². The number of hydrogen-bond donors (Lipinski definition) is 2. The van der Waals surface area contributed by atoms with Crippen molar-refractivity contribution in [1.29, 1.82) is 0 Å². The first-order valence-electron chi connectivity index (χ1n) is 4.10. The Labute approximate surface area is 104 Å². The van der Waals surface area contributed by atoms with Crippen molar-refractivity contribution in [2.75, 3.05) is 11.9 Å². The van der Waals surface area contributed by atoms with Gasteiger partial charge in [0, 0.05) is 15.5 Å². The minimum atomic E-state index is -0.954. The van der Waals surface area contributed by atoms with Crippen molar-refractivity contribution in [1.82, 2.24) is 0 Å². The summed E-state index contributed by atoms with van der Waals surface area (Å²) in [6.07, 6.45) is 0. The summed E-state index contributed by atoms with van der Waals surface area (Å²) >= 11 is 6.48. The molecule has 0 fully saturated rings. The number of carbonyl (C=O) groups is 1. The van der Waals surface area contributed by atoms with Crippen molar-refractivity contribution in [3.05, 3.63) is 39.3 Å². The minimum absolute atomic E-state index is 0.243. The standard InChI is InChI=1S/C10H9Br2NO2/c1-6(11)5-13-9-4-7(12)2-3-8(9)10(14)15/h2-4,13H,1,5H2,(H,14,15). The van der Waals surface area contributed by atoms with Crippen molar-refractivity contribution in [3.8, 4) is 0 Å². The zero-order chi connectivity index (χ0) is 11.4. The van der Waals surface area contributed by atoms with Crippen LogP contribution in [-0.4, -0.2) is 17.6 Å². The van der Waals surface area contributed by atoms with Gasteiger partial charge in [-0.15, -0.1) is 0 Å². The third kappa shape index (κ3) is 3.68. The summed E-state index contributed by atoms with van der Waals surface area (Å²) in [6, 6.07) is 4.96. The second-order valence-corrected chi connectivity index (χ2v) is 4.90. The molecule has 0 amide bonds. The molecule has 1 rings (SSSR count). The summed E-state index contributed by atoms with van der Waals surface area (Å²) in [6.45, 7) is 4.15. The monoisotopic (exact) mass is 333 g/mol. The predicted molar refractivity (Wildman–Crippen MR) is 67.7 cm³/mol. The van der Waals surface area contributed by atoms with E-state index in [9.17, 15) is 4.79 Å². The van der Waals surface area contributed by atoms with Crippen LogP contribution in [0.15, 0.2) is 33.7 Å². The van der Waals surface area contributed by atoms with Crippen molar-refractivity contribution in [2.45, 2.75) is 0 Å². The van der Waals surface area contributed by atoms with E-state index in [1.165, 1.54) is 0 Å². The summed E-state index contributed by atoms with van der Waals surface area (Å²) in [4.78, 5) is 10.9. The first kappa shape index (κ1) is 12.3. The van der Waals surface area contributed by atoms with E-state index in [2.05, 4.69) is 43.8 Å². The van der Waals surface area contributed by atoms with Gasteiger partial charge in [-0.05, 0) is 18.2 Å². The number of halogens is 2. The van der Waals surface area contributed by atoms with Crippen molar-refractivity contribution in [2.24, 2.45) is 0 Å². The fraction of sp³-hybridized carbons (Fsp3) is 0.100. The molecule has 0 aromatic heterocycles. The second-order valence-electron chi connectivity index (χ2n) is 2.87. The Bertz CT molecular complexity index is 404. The number of hydrogen-bond acceptors (Lipinski definition) is 2. The first-order chi connectivity index (χ1) is 7.00. The number of carboxylic acids is 1. The average molecular weight is 335 g/mol. The molecular formula is C10H9Br2NO2. The molecule has 0 aliphatic heterocycles. The Morgan fingerprint density at radius 1 is 1.53 bits per heavy atom. The summed E-state index contributed by atoms with van der Waals surface area (Å²) in [5.41, 5.74) is 0.810. The minimum Gasteiger partial charge on any atom is -0.478 e. The van der Waals surface area contributed by atoms with E-state index in [1.54, 1.807) is 18.2 Å². The van der Waals surface area contributed by atoms with Crippen molar-refractivity contribution < 1.29 is 9.90 Å². The maximum atomic E-state index is 10.9. The topological polar surface area (TPSA) is 49.3 Å². The lowest BCUT2D eigenvalue weighted by Gasteiger charge is -2.09. The van der Waals surface area contributed by atoms with E-state index >= 15 is 0 Å². The molecule has 0 spiro atoms. The first-order valence-corrected chi connectivity index (χ1v) is 5.69. The lowest BCUT2D eigenvalue weighted by molar-refractivity contribution is 0.0698. The molecule has 0 radical (unpaired) electrons. The van der Waals surface area contributed by atoms with Crippen LogP contribution in [0.3, 0.4) is 0 Å². The van der Waals surface area contributed by atoms with Gasteiger partial charge in [0.25, 0.3) is 0 Å². The van der Waals surface area contributed by atoms with Gasteiger partial charge in [-0.2, -0.15) is 0 Å². The van der Waals surface area contributed by atoms with Gasteiger partial charge in [-0.1, -0.05) is 38.4 Å². The van der Waals surface area contributed by atoms with Crippen molar-refractivity contribution in [3.63, 3.8) is 0 Å². The number of aromatic carboxylic acids is 1. The lowest BCUT2D eigenvalue weighted by Crippen LogP contribution is -2.07. The number of rotatable bonds is 4. The van der Waals surface area contributed by atoms with Crippen LogP contribution in [0.25, 0.3) is 0 Å². The molecule has 0 aliphatic carbocycles. The predicted octanol–water partition coefficient (Wildman–Crippen LogP) is 3.47. The van der Waals surface area contributed by atoms with E-state index in [4.69, 9.17) is 5.11 Å². The Balaban J connectivity index is 2.96. The molecule has 1 aromatic rings. The Morgan fingerprint density at radius 3 is 2.73 bits per heavy atom. The Hall–Kier alpha value is -0.810. The van der Waals surface area contributed by atoms with Gasteiger partial charge in [0.15, 0.2) is 0 Å². The molecule has 0 atom stereocenters. The Kier molecular flexibility index (Phi) is 4.35. The smallest absolute Gasteiger partial charge is 0.337 e. The summed E-state index contributed by atoms with van der Waals surface area (Å²) < 4.78 is 1.59. The van der Waals surface area contributed by atoms with E-state index in [-0.39, 0.29) is 5.56 Å². The van der Waals surface area contributed by atoms with Gasteiger partial charge in [0.1, 0.15) is 0 Å². The van der Waals surface area contributed by atoms with E-state index in [0.717, 1.165) is 8.96 Å². The molecule has 0 aliphatic rings. The molecular weight excluding hydrogens is 326 g/mol. The normalized spacial score (nSPS) is 9.73. The van der Waals surface area contributed by atoms with E-state index in [0.29, 0.717) is 12.2 Å². The van der Waals surface area contributed by atoms with Gasteiger partial charge >= 0.3 is 5.97 Å². The summed E-state index contributed by atoms with van der Waals surface area (Å²) in [5, 5.41) is 11.9. The lowest BCUT2D eigenvalue weighted by atomic mass is 10.2.